The Balaban J connectivity index is 2.02. The largest absolute Gasteiger partial charge is 0.375 e. The van der Waals surface area contributed by atoms with Crippen molar-refractivity contribution in [2.75, 3.05) is 24.4 Å². The minimum absolute atomic E-state index is 0.00932. The highest BCUT2D eigenvalue weighted by Crippen LogP contribution is 2.14. The minimum atomic E-state index is -0.294. The van der Waals surface area contributed by atoms with Gasteiger partial charge < -0.3 is 20.4 Å². The van der Waals surface area contributed by atoms with Gasteiger partial charge in [0, 0.05) is 24.7 Å². The zero-order chi connectivity index (χ0) is 15.9. The van der Waals surface area contributed by atoms with Crippen LogP contribution in [0.3, 0.4) is 0 Å². The minimum Gasteiger partial charge on any atom is -0.375 e. The molecule has 1 aromatic carbocycles. The van der Waals surface area contributed by atoms with Crippen molar-refractivity contribution in [3.63, 3.8) is 0 Å². The highest BCUT2D eigenvalue weighted by molar-refractivity contribution is 7.71. The van der Waals surface area contributed by atoms with E-state index in [1.807, 2.05) is 0 Å². The number of amides is 2. The van der Waals surface area contributed by atoms with Gasteiger partial charge in [-0.25, -0.2) is 0 Å². The molecule has 22 heavy (non-hydrogen) atoms. The third kappa shape index (κ3) is 4.24. The Bertz CT molecular complexity index is 725. The second-order valence-corrected chi connectivity index (χ2v) is 4.83. The molecule has 7 heteroatoms. The molecular weight excluding hydrogens is 302 g/mol. The molecule has 0 aliphatic heterocycles. The molecule has 2 amide bonds. The van der Waals surface area contributed by atoms with Crippen LogP contribution in [-0.4, -0.2) is 30.5 Å². The van der Waals surface area contributed by atoms with Gasteiger partial charge in [-0.1, -0.05) is 12.2 Å². The second kappa shape index (κ2) is 7.48. The van der Waals surface area contributed by atoms with Gasteiger partial charge in [-0.2, -0.15) is 0 Å². The van der Waals surface area contributed by atoms with Crippen LogP contribution >= 0.6 is 12.2 Å². The Kier molecular flexibility index (Phi) is 5.40. The van der Waals surface area contributed by atoms with Gasteiger partial charge in [0.25, 0.3) is 5.91 Å². The van der Waals surface area contributed by atoms with Crippen molar-refractivity contribution in [1.82, 2.24) is 4.98 Å². The van der Waals surface area contributed by atoms with E-state index in [4.69, 9.17) is 17.0 Å². The Hall–Kier alpha value is -2.51. The number of aromatic amines is 1. The third-order valence-corrected chi connectivity index (χ3v) is 3.10. The van der Waals surface area contributed by atoms with E-state index in [0.717, 1.165) is 0 Å². The number of rotatable bonds is 5. The molecule has 0 fully saturated rings. The Labute approximate surface area is 132 Å². The lowest BCUT2D eigenvalue weighted by Gasteiger charge is -2.08. The molecule has 3 N–H and O–H groups in total. The molecule has 0 aliphatic rings. The van der Waals surface area contributed by atoms with Gasteiger partial charge in [-0.05, 0) is 36.4 Å². The molecule has 0 radical (unpaired) electrons. The molecule has 0 saturated heterocycles. The highest BCUT2D eigenvalue weighted by Gasteiger charge is 2.08. The number of carbonyl (C=O) groups excluding carboxylic acids is 2. The van der Waals surface area contributed by atoms with E-state index in [-0.39, 0.29) is 18.4 Å². The lowest BCUT2D eigenvalue weighted by atomic mass is 10.2. The summed E-state index contributed by atoms with van der Waals surface area (Å²) in [6.45, 7) is -0.00932. The molecule has 114 valence electrons. The molecule has 0 aliphatic carbocycles. The first-order valence-electron chi connectivity index (χ1n) is 6.48. The number of H-pyrrole nitrogens is 1. The molecule has 0 bridgehead atoms. The SMILES string of the molecule is COCC(=O)Nc1ccc(NC(=O)c2ccc[nH]c2=S)cc1. The fourth-order valence-corrected chi connectivity index (χ4v) is 1.99. The summed E-state index contributed by atoms with van der Waals surface area (Å²) in [7, 11) is 1.45. The number of nitrogens with one attached hydrogen (secondary N) is 3. The zero-order valence-electron chi connectivity index (χ0n) is 11.9. The third-order valence-electron chi connectivity index (χ3n) is 2.76. The Morgan fingerprint density at radius 3 is 2.36 bits per heavy atom. The molecular formula is C15H15N3O3S. The van der Waals surface area contributed by atoms with Crippen LogP contribution in [0.2, 0.25) is 0 Å². The number of hydrogen-bond donors (Lipinski definition) is 3. The summed E-state index contributed by atoms with van der Waals surface area (Å²) in [6.07, 6.45) is 1.66. The standard InChI is InChI=1S/C15H15N3O3S/c1-21-9-13(19)17-10-4-6-11(7-5-10)18-14(20)12-3-2-8-16-15(12)22/h2-8H,9H2,1H3,(H,16,22)(H,17,19)(H,18,20). The fraction of sp³-hybridized carbons (Fsp3) is 0.133. The van der Waals surface area contributed by atoms with Gasteiger partial charge >= 0.3 is 0 Å². The number of hydrogen-bond acceptors (Lipinski definition) is 4. The van der Waals surface area contributed by atoms with E-state index in [2.05, 4.69) is 15.6 Å². The van der Waals surface area contributed by atoms with E-state index >= 15 is 0 Å². The molecule has 0 saturated carbocycles. The van der Waals surface area contributed by atoms with Crippen LogP contribution in [0.5, 0.6) is 0 Å². The maximum atomic E-state index is 12.1. The van der Waals surface area contributed by atoms with Crippen LogP contribution < -0.4 is 10.6 Å². The van der Waals surface area contributed by atoms with Gasteiger partial charge in [0.1, 0.15) is 11.2 Å². The van der Waals surface area contributed by atoms with Gasteiger partial charge in [-0.3, -0.25) is 9.59 Å². The number of aromatic nitrogens is 1. The van der Waals surface area contributed by atoms with Crippen LogP contribution in [0, 0.1) is 4.64 Å². The average Bonchev–Trinajstić information content (AvgIpc) is 2.50. The quantitative estimate of drug-likeness (QED) is 0.740. The second-order valence-electron chi connectivity index (χ2n) is 4.43. The molecule has 2 rings (SSSR count). The van der Waals surface area contributed by atoms with Gasteiger partial charge in [-0.15, -0.1) is 0 Å². The summed E-state index contributed by atoms with van der Waals surface area (Å²) in [5.74, 6) is -0.534. The fourth-order valence-electron chi connectivity index (χ4n) is 1.76. The summed E-state index contributed by atoms with van der Waals surface area (Å²) >= 11 is 5.06. The number of pyridine rings is 1. The first-order valence-corrected chi connectivity index (χ1v) is 6.89. The monoisotopic (exact) mass is 317 g/mol. The molecule has 0 unspecified atom stereocenters. The summed E-state index contributed by atoms with van der Waals surface area (Å²) in [5, 5.41) is 5.41. The zero-order valence-corrected chi connectivity index (χ0v) is 12.7. The number of ether oxygens (including phenoxy) is 1. The van der Waals surface area contributed by atoms with Crippen molar-refractivity contribution in [3.05, 3.63) is 52.8 Å². The summed E-state index contributed by atoms with van der Waals surface area (Å²) in [6, 6.07) is 10.1. The Morgan fingerprint density at radius 1 is 1.14 bits per heavy atom. The predicted molar refractivity (Wildman–Crippen MR) is 86.5 cm³/mol. The van der Waals surface area contributed by atoms with E-state index in [1.54, 1.807) is 42.6 Å². The van der Waals surface area contributed by atoms with Crippen LogP contribution in [0.25, 0.3) is 0 Å². The average molecular weight is 317 g/mol. The first kappa shape index (κ1) is 15.9. The predicted octanol–water partition coefficient (Wildman–Crippen LogP) is 2.58. The highest BCUT2D eigenvalue weighted by atomic mass is 32.1. The molecule has 0 spiro atoms. The van der Waals surface area contributed by atoms with Crippen molar-refractivity contribution in [1.29, 1.82) is 0 Å². The smallest absolute Gasteiger partial charge is 0.258 e. The van der Waals surface area contributed by atoms with E-state index in [9.17, 15) is 9.59 Å². The number of anilines is 2. The lowest BCUT2D eigenvalue weighted by Crippen LogP contribution is -2.17. The first-order chi connectivity index (χ1) is 10.6. The number of methoxy groups -OCH3 is 1. The van der Waals surface area contributed by atoms with Gasteiger partial charge in [0.05, 0.1) is 5.56 Å². The van der Waals surface area contributed by atoms with Crippen molar-refractivity contribution in [2.24, 2.45) is 0 Å². The maximum absolute atomic E-state index is 12.1. The van der Waals surface area contributed by atoms with Crippen molar-refractivity contribution in [3.8, 4) is 0 Å². The van der Waals surface area contributed by atoms with E-state index < -0.39 is 0 Å². The van der Waals surface area contributed by atoms with Gasteiger partial charge in [0.15, 0.2) is 0 Å². The molecule has 0 atom stereocenters. The summed E-state index contributed by atoms with van der Waals surface area (Å²) < 4.78 is 5.11. The van der Waals surface area contributed by atoms with Crippen LogP contribution in [-0.2, 0) is 9.53 Å². The van der Waals surface area contributed by atoms with E-state index in [0.29, 0.717) is 21.6 Å². The molecule has 1 aromatic heterocycles. The molecule has 1 heterocycles. The summed E-state index contributed by atoms with van der Waals surface area (Å²) in [4.78, 5) is 26.3. The van der Waals surface area contributed by atoms with Crippen molar-refractivity contribution in [2.45, 2.75) is 0 Å². The van der Waals surface area contributed by atoms with Crippen LogP contribution in [0.15, 0.2) is 42.6 Å². The number of benzene rings is 1. The Morgan fingerprint density at radius 2 is 1.77 bits per heavy atom. The number of carbonyl (C=O) groups is 2. The molecule has 6 nitrogen and oxygen atoms in total. The van der Waals surface area contributed by atoms with Crippen molar-refractivity contribution >= 4 is 35.4 Å². The normalized spacial score (nSPS) is 10.0. The molecule has 2 aromatic rings. The summed E-state index contributed by atoms with van der Waals surface area (Å²) in [5.41, 5.74) is 1.63. The van der Waals surface area contributed by atoms with E-state index in [1.165, 1.54) is 7.11 Å². The van der Waals surface area contributed by atoms with Crippen molar-refractivity contribution < 1.29 is 14.3 Å². The van der Waals surface area contributed by atoms with Gasteiger partial charge in [0.2, 0.25) is 5.91 Å². The lowest BCUT2D eigenvalue weighted by molar-refractivity contribution is -0.119. The van der Waals surface area contributed by atoms with Crippen LogP contribution in [0.4, 0.5) is 11.4 Å². The topological polar surface area (TPSA) is 83.2 Å². The van der Waals surface area contributed by atoms with Crippen LogP contribution in [0.1, 0.15) is 10.4 Å². The maximum Gasteiger partial charge on any atom is 0.258 e.